The van der Waals surface area contributed by atoms with Crippen molar-refractivity contribution in [2.45, 2.75) is 112 Å². The zero-order valence-electron chi connectivity index (χ0n) is 45.3. The van der Waals surface area contributed by atoms with Crippen molar-refractivity contribution in [2.24, 2.45) is 5.41 Å². The Bertz CT molecular complexity index is 3440. The summed E-state index contributed by atoms with van der Waals surface area (Å²) in [5.74, 6) is 2.07. The number of anilines is 2. The number of aromatic nitrogens is 2. The van der Waals surface area contributed by atoms with Crippen molar-refractivity contribution in [1.29, 1.82) is 0 Å². The zero-order chi connectivity index (χ0) is 51.7. The van der Waals surface area contributed by atoms with Gasteiger partial charge in [-0.15, -0.1) is 53.6 Å². The van der Waals surface area contributed by atoms with Gasteiger partial charge in [-0.2, -0.15) is 6.07 Å². The molecule has 0 aliphatic carbocycles. The summed E-state index contributed by atoms with van der Waals surface area (Å²) in [4.78, 5) is 9.59. The molecular weight excluding hydrogens is 1080 g/mol. The molecule has 0 bridgehead atoms. The summed E-state index contributed by atoms with van der Waals surface area (Å²) in [5.41, 5.74) is 13.9. The topological polar surface area (TPSA) is 33.5 Å². The second-order valence-corrected chi connectivity index (χ2v) is 24.0. The number of hydrogen-bond acceptors (Lipinski definition) is 4. The van der Waals surface area contributed by atoms with E-state index in [1.165, 1.54) is 33.4 Å². The van der Waals surface area contributed by atoms with Crippen LogP contribution >= 0.6 is 0 Å². The zero-order valence-corrected chi connectivity index (χ0v) is 47.6. The Labute approximate surface area is 455 Å². The number of nitrogens with zero attached hydrogens (tertiary/aromatic N) is 4. The SMILES string of the molecule is CC(C)(C)C1=CN(c2cc(C(C)(C)c3ccccc3)cc(C(C)(C)c3ccccc3)c2)[CH-]N1c1[c-]c(Oc2[c-]c3c(cc2)c2cc(-c4ccccc4)ccc2n3-c2cc(C(C)(C)C)ccn2)cc(C(C)(C)C)c1.[Pt]. The van der Waals surface area contributed by atoms with Gasteiger partial charge < -0.3 is 19.1 Å². The fourth-order valence-electron chi connectivity index (χ4n) is 10.1. The molecule has 0 saturated heterocycles. The van der Waals surface area contributed by atoms with Crippen molar-refractivity contribution >= 4 is 33.2 Å². The van der Waals surface area contributed by atoms with Crippen LogP contribution in [-0.2, 0) is 42.7 Å². The van der Waals surface area contributed by atoms with Gasteiger partial charge in [0.2, 0.25) is 0 Å². The molecule has 0 radical (unpaired) electrons. The van der Waals surface area contributed by atoms with Gasteiger partial charge in [0.15, 0.2) is 0 Å². The van der Waals surface area contributed by atoms with Gasteiger partial charge in [-0.25, -0.2) is 4.98 Å². The van der Waals surface area contributed by atoms with Crippen LogP contribution in [0, 0.1) is 24.2 Å². The monoisotopic (exact) mass is 1150 g/mol. The van der Waals surface area contributed by atoms with Crippen LogP contribution in [0.25, 0.3) is 38.8 Å². The first-order valence-electron chi connectivity index (χ1n) is 25.8. The van der Waals surface area contributed by atoms with Crippen LogP contribution in [-0.4, -0.2) is 9.55 Å². The quantitative estimate of drug-likeness (QED) is 0.128. The van der Waals surface area contributed by atoms with E-state index in [9.17, 15) is 0 Å². The fourth-order valence-corrected chi connectivity index (χ4v) is 10.1. The molecule has 0 N–H and O–H groups in total. The largest absolute Gasteiger partial charge is 0.509 e. The third-order valence-electron chi connectivity index (χ3n) is 15.0. The van der Waals surface area contributed by atoms with Crippen LogP contribution in [0.5, 0.6) is 11.5 Å². The fraction of sp³-hybridized carbons (Fsp3) is 0.265. The molecule has 7 aromatic carbocycles. The average Bonchev–Trinajstić information content (AvgIpc) is 3.97. The molecule has 0 atom stereocenters. The average molecular weight is 1150 g/mol. The molecule has 1 aliphatic heterocycles. The molecule has 0 fully saturated rings. The van der Waals surface area contributed by atoms with Crippen LogP contribution < -0.4 is 14.5 Å². The normalized spacial score (nSPS) is 13.6. The van der Waals surface area contributed by atoms with Gasteiger partial charge in [0.25, 0.3) is 0 Å². The molecule has 0 unspecified atom stereocenters. The van der Waals surface area contributed by atoms with Gasteiger partial charge in [-0.05, 0) is 91.7 Å². The number of benzene rings is 7. The molecule has 9 aromatic rings. The summed E-state index contributed by atoms with van der Waals surface area (Å²) in [7, 11) is 0. The standard InChI is InChI=1S/C68H69N4O.Pt/c1-64(2,3)50-33-34-69-63(41-50)72-60-32-29-47(46-23-17-14-18-24-46)35-59(60)58-31-30-56(43-61(58)72)73-57-40-51(65(4,5)6)37-55(42-57)71-45-70(44-62(71)66(7,8)9)54-38-52(67(10,11)48-25-19-15-20-26-48)36-53(39-54)68(12,13)49-27-21-16-22-28-49;/h14-41,44-45H,1-13H3;/q-3;. The van der Waals surface area contributed by atoms with Gasteiger partial charge in [-0.1, -0.05) is 205 Å². The molecular formula is C68H69N4OPt-3. The van der Waals surface area contributed by atoms with Crippen molar-refractivity contribution in [3.8, 4) is 28.4 Å². The predicted molar refractivity (Wildman–Crippen MR) is 306 cm³/mol. The van der Waals surface area contributed by atoms with Crippen molar-refractivity contribution in [2.75, 3.05) is 9.80 Å². The second kappa shape index (κ2) is 19.5. The Morgan fingerprint density at radius 2 is 1.07 bits per heavy atom. The van der Waals surface area contributed by atoms with Gasteiger partial charge >= 0.3 is 0 Å². The Balaban J connectivity index is 0.00000672. The summed E-state index contributed by atoms with van der Waals surface area (Å²) in [6.45, 7) is 31.9. The van der Waals surface area contributed by atoms with Crippen molar-refractivity contribution in [1.82, 2.24) is 9.55 Å². The third-order valence-corrected chi connectivity index (χ3v) is 15.0. The Morgan fingerprint density at radius 1 is 0.473 bits per heavy atom. The van der Waals surface area contributed by atoms with Gasteiger partial charge in [0, 0.05) is 71.9 Å². The summed E-state index contributed by atoms with van der Waals surface area (Å²) >= 11 is 0. The number of hydrogen-bond donors (Lipinski definition) is 0. The number of allylic oxidation sites excluding steroid dienone is 1. The molecule has 6 heteroatoms. The first kappa shape index (κ1) is 52.2. The molecule has 380 valence electrons. The molecule has 0 spiro atoms. The minimum atomic E-state index is -0.262. The van der Waals surface area contributed by atoms with E-state index in [4.69, 9.17) is 9.72 Å². The van der Waals surface area contributed by atoms with Crippen molar-refractivity contribution in [3.05, 3.63) is 234 Å². The Kier molecular flexibility index (Phi) is 13.8. The maximum atomic E-state index is 6.98. The molecule has 10 rings (SSSR count). The molecule has 3 heterocycles. The van der Waals surface area contributed by atoms with E-state index in [1.807, 2.05) is 12.3 Å². The van der Waals surface area contributed by atoms with Gasteiger partial charge in [-0.3, -0.25) is 0 Å². The summed E-state index contributed by atoms with van der Waals surface area (Å²) in [6, 6.07) is 66.7. The number of fused-ring (bicyclic) bond motifs is 3. The smallest absolute Gasteiger partial charge is 0.135 e. The maximum Gasteiger partial charge on any atom is 0.135 e. The van der Waals surface area contributed by atoms with Crippen molar-refractivity contribution < 1.29 is 25.8 Å². The van der Waals surface area contributed by atoms with E-state index in [2.05, 4.69) is 287 Å². The first-order chi connectivity index (χ1) is 34.6. The molecule has 5 nitrogen and oxygen atoms in total. The van der Waals surface area contributed by atoms with E-state index in [-0.39, 0.29) is 48.1 Å². The van der Waals surface area contributed by atoms with Crippen molar-refractivity contribution in [3.63, 3.8) is 0 Å². The van der Waals surface area contributed by atoms with E-state index >= 15 is 0 Å². The van der Waals surface area contributed by atoms with Crippen LogP contribution in [0.4, 0.5) is 11.4 Å². The Morgan fingerprint density at radius 3 is 1.65 bits per heavy atom. The molecule has 1 aliphatic rings. The summed E-state index contributed by atoms with van der Waals surface area (Å²) in [5, 5.41) is 2.21. The number of rotatable bonds is 10. The van der Waals surface area contributed by atoms with Crippen LogP contribution in [0.15, 0.2) is 182 Å². The first-order valence-corrected chi connectivity index (χ1v) is 25.8. The Hall–Kier alpha value is -6.68. The van der Waals surface area contributed by atoms with Crippen LogP contribution in [0.3, 0.4) is 0 Å². The summed E-state index contributed by atoms with van der Waals surface area (Å²) < 4.78 is 9.22. The number of pyridine rings is 1. The minimum Gasteiger partial charge on any atom is -0.509 e. The third kappa shape index (κ3) is 10.1. The molecule has 0 amide bonds. The van der Waals surface area contributed by atoms with Gasteiger partial charge in [0.05, 0.1) is 0 Å². The second-order valence-electron chi connectivity index (χ2n) is 24.0. The maximum absolute atomic E-state index is 6.98. The van der Waals surface area contributed by atoms with E-state index in [0.717, 1.165) is 55.8 Å². The molecule has 74 heavy (non-hydrogen) atoms. The van der Waals surface area contributed by atoms with E-state index in [1.54, 1.807) is 0 Å². The predicted octanol–water partition coefficient (Wildman–Crippen LogP) is 17.8. The molecule has 2 aromatic heterocycles. The minimum absolute atomic E-state index is 0. The van der Waals surface area contributed by atoms with Crippen LogP contribution in [0.1, 0.15) is 123 Å². The van der Waals surface area contributed by atoms with E-state index < -0.39 is 0 Å². The summed E-state index contributed by atoms with van der Waals surface area (Å²) in [6.07, 6.45) is 4.22. The molecule has 0 saturated carbocycles. The van der Waals surface area contributed by atoms with Gasteiger partial charge in [0.1, 0.15) is 5.82 Å². The van der Waals surface area contributed by atoms with Crippen LogP contribution in [0.2, 0.25) is 0 Å². The number of ether oxygens (including phenoxy) is 1. The van der Waals surface area contributed by atoms with E-state index in [0.29, 0.717) is 11.5 Å².